The van der Waals surface area contributed by atoms with Crippen LogP contribution in [0, 0.1) is 3.57 Å². The van der Waals surface area contributed by atoms with Crippen LogP contribution in [0.2, 0.25) is 0 Å². The summed E-state index contributed by atoms with van der Waals surface area (Å²) >= 11 is 2.20. The third-order valence-electron chi connectivity index (χ3n) is 3.54. The predicted molar refractivity (Wildman–Crippen MR) is 83.4 cm³/mol. The molecule has 3 rings (SSSR count). The highest BCUT2D eigenvalue weighted by Crippen LogP contribution is 2.22. The van der Waals surface area contributed by atoms with Gasteiger partial charge >= 0.3 is 0 Å². The second kappa shape index (κ2) is 5.57. The van der Waals surface area contributed by atoms with Crippen molar-refractivity contribution in [2.45, 2.75) is 6.04 Å². The number of aromatic nitrogens is 3. The van der Waals surface area contributed by atoms with Crippen LogP contribution in [-0.2, 0) is 7.05 Å². The molecular formula is C13H16IN5O. The second-order valence-corrected chi connectivity index (χ2v) is 6.09. The number of amides is 1. The minimum atomic E-state index is -0.0304. The first-order valence-corrected chi connectivity index (χ1v) is 7.57. The van der Waals surface area contributed by atoms with E-state index in [1.165, 1.54) is 0 Å². The molecule has 2 aromatic rings. The molecule has 1 unspecified atom stereocenters. The van der Waals surface area contributed by atoms with E-state index in [9.17, 15) is 4.79 Å². The zero-order valence-electron chi connectivity index (χ0n) is 11.1. The van der Waals surface area contributed by atoms with Gasteiger partial charge in [0, 0.05) is 48.8 Å². The third kappa shape index (κ3) is 2.47. The van der Waals surface area contributed by atoms with Gasteiger partial charge in [-0.2, -0.15) is 0 Å². The van der Waals surface area contributed by atoms with Gasteiger partial charge in [0.25, 0.3) is 5.91 Å². The zero-order valence-corrected chi connectivity index (χ0v) is 13.3. The lowest BCUT2D eigenvalue weighted by atomic mass is 10.1. The third-order valence-corrected chi connectivity index (χ3v) is 4.16. The van der Waals surface area contributed by atoms with Crippen molar-refractivity contribution in [2.75, 3.05) is 19.6 Å². The molecule has 0 spiro atoms. The van der Waals surface area contributed by atoms with Crippen molar-refractivity contribution >= 4 is 28.5 Å². The number of imidazole rings is 1. The molecule has 2 N–H and O–H groups in total. The molecule has 0 bridgehead atoms. The molecule has 106 valence electrons. The minimum absolute atomic E-state index is 0.0300. The Kier molecular flexibility index (Phi) is 3.79. The lowest BCUT2D eigenvalue weighted by Crippen LogP contribution is -2.49. The maximum absolute atomic E-state index is 12.7. The van der Waals surface area contributed by atoms with Gasteiger partial charge in [-0.1, -0.05) is 0 Å². The van der Waals surface area contributed by atoms with Crippen LogP contribution in [0.25, 0.3) is 0 Å². The molecule has 2 aromatic heterocycles. The normalized spacial score (nSPS) is 19.3. The number of nitrogens with one attached hydrogen (secondary N) is 2. The molecule has 0 aliphatic carbocycles. The topological polar surface area (TPSA) is 66.0 Å². The summed E-state index contributed by atoms with van der Waals surface area (Å²) < 4.78 is 3.01. The number of hydrogen-bond donors (Lipinski definition) is 2. The van der Waals surface area contributed by atoms with Gasteiger partial charge in [0.05, 0.1) is 0 Å². The summed E-state index contributed by atoms with van der Waals surface area (Å²) in [7, 11) is 1.96. The van der Waals surface area contributed by atoms with E-state index in [1.54, 1.807) is 6.20 Å². The largest absolute Gasteiger partial charge is 0.356 e. The number of rotatable bonds is 2. The highest BCUT2D eigenvalue weighted by Gasteiger charge is 2.31. The molecule has 0 aromatic carbocycles. The Labute approximate surface area is 130 Å². The number of piperazine rings is 1. The number of halogens is 1. The standard InChI is InChI=1S/C13H16IN5O/c1-18-4-3-16-12(18)11-8-15-2-5-19(11)13(20)10-6-9(14)7-17-10/h3-4,6-7,11,15,17H,2,5,8H2,1H3. The smallest absolute Gasteiger partial charge is 0.271 e. The molecule has 1 amide bonds. The van der Waals surface area contributed by atoms with Gasteiger partial charge in [0.1, 0.15) is 17.6 Å². The van der Waals surface area contributed by atoms with Crippen LogP contribution in [-0.4, -0.2) is 45.0 Å². The molecule has 1 saturated heterocycles. The summed E-state index contributed by atoms with van der Waals surface area (Å²) in [5, 5.41) is 3.33. The van der Waals surface area contributed by atoms with Crippen molar-refractivity contribution in [3.05, 3.63) is 39.7 Å². The molecule has 6 nitrogen and oxygen atoms in total. The summed E-state index contributed by atoms with van der Waals surface area (Å²) in [5.41, 5.74) is 0.635. The van der Waals surface area contributed by atoms with Crippen LogP contribution in [0.4, 0.5) is 0 Å². The van der Waals surface area contributed by atoms with E-state index in [-0.39, 0.29) is 11.9 Å². The molecule has 1 aliphatic rings. The molecule has 1 atom stereocenters. The van der Waals surface area contributed by atoms with E-state index >= 15 is 0 Å². The van der Waals surface area contributed by atoms with Crippen LogP contribution >= 0.6 is 22.6 Å². The van der Waals surface area contributed by atoms with Crippen LogP contribution in [0.3, 0.4) is 0 Å². The highest BCUT2D eigenvalue weighted by molar-refractivity contribution is 14.1. The van der Waals surface area contributed by atoms with Crippen molar-refractivity contribution in [1.82, 2.24) is 24.8 Å². The average Bonchev–Trinajstić information content (AvgIpc) is 3.07. The first-order valence-electron chi connectivity index (χ1n) is 6.49. The van der Waals surface area contributed by atoms with Crippen LogP contribution in [0.1, 0.15) is 22.4 Å². The van der Waals surface area contributed by atoms with Crippen molar-refractivity contribution in [1.29, 1.82) is 0 Å². The van der Waals surface area contributed by atoms with Gasteiger partial charge in [0.2, 0.25) is 0 Å². The van der Waals surface area contributed by atoms with E-state index in [4.69, 9.17) is 0 Å². The lowest BCUT2D eigenvalue weighted by Gasteiger charge is -2.35. The number of aryl methyl sites for hydroxylation is 1. The van der Waals surface area contributed by atoms with Gasteiger partial charge in [-0.3, -0.25) is 4.79 Å². The van der Waals surface area contributed by atoms with Gasteiger partial charge in [-0.05, 0) is 28.7 Å². The molecule has 7 heteroatoms. The number of nitrogens with zero attached hydrogens (tertiary/aromatic N) is 3. The molecule has 3 heterocycles. The van der Waals surface area contributed by atoms with Crippen LogP contribution in [0.5, 0.6) is 0 Å². The SMILES string of the molecule is Cn1ccnc1C1CNCCN1C(=O)c1cc(I)c[nH]1. The van der Waals surface area contributed by atoms with Gasteiger partial charge in [-0.25, -0.2) is 4.98 Å². The van der Waals surface area contributed by atoms with E-state index in [0.29, 0.717) is 12.2 Å². The summed E-state index contributed by atoms with van der Waals surface area (Å²) in [5.74, 6) is 0.939. The van der Waals surface area contributed by atoms with E-state index in [1.807, 2.05) is 35.0 Å². The predicted octanol–water partition coefficient (Wildman–Crippen LogP) is 1.14. The molecule has 20 heavy (non-hydrogen) atoms. The molecular weight excluding hydrogens is 369 g/mol. The second-order valence-electron chi connectivity index (χ2n) is 4.85. The number of carbonyl (C=O) groups is 1. The molecule has 0 saturated carbocycles. The monoisotopic (exact) mass is 385 g/mol. The zero-order chi connectivity index (χ0) is 14.1. The molecule has 1 aliphatic heterocycles. The Morgan fingerprint density at radius 3 is 3.05 bits per heavy atom. The summed E-state index contributed by atoms with van der Waals surface area (Å²) in [4.78, 5) is 22.0. The van der Waals surface area contributed by atoms with E-state index in [0.717, 1.165) is 22.5 Å². The fourth-order valence-corrected chi connectivity index (χ4v) is 2.99. The number of hydrogen-bond acceptors (Lipinski definition) is 3. The summed E-state index contributed by atoms with van der Waals surface area (Å²) in [6.45, 7) is 2.23. The Balaban J connectivity index is 1.89. The van der Waals surface area contributed by atoms with Crippen LogP contribution < -0.4 is 5.32 Å². The highest BCUT2D eigenvalue weighted by atomic mass is 127. The maximum atomic E-state index is 12.7. The summed E-state index contributed by atoms with van der Waals surface area (Å²) in [6, 6.07) is 1.85. The number of carbonyl (C=O) groups excluding carboxylic acids is 1. The van der Waals surface area contributed by atoms with Crippen molar-refractivity contribution in [2.24, 2.45) is 7.05 Å². The Hall–Kier alpha value is -1.35. The lowest BCUT2D eigenvalue weighted by molar-refractivity contribution is 0.0615. The first-order chi connectivity index (χ1) is 9.66. The number of H-pyrrole nitrogens is 1. The summed E-state index contributed by atoms with van der Waals surface area (Å²) in [6.07, 6.45) is 5.51. The Bertz CT molecular complexity index is 620. The van der Waals surface area contributed by atoms with Gasteiger partial charge < -0.3 is 19.8 Å². The van der Waals surface area contributed by atoms with Crippen molar-refractivity contribution in [3.63, 3.8) is 0 Å². The van der Waals surface area contributed by atoms with Gasteiger partial charge in [-0.15, -0.1) is 0 Å². The van der Waals surface area contributed by atoms with E-state index < -0.39 is 0 Å². The fourth-order valence-electron chi connectivity index (χ4n) is 2.52. The quantitative estimate of drug-likeness (QED) is 0.763. The van der Waals surface area contributed by atoms with E-state index in [2.05, 4.69) is 37.9 Å². The first kappa shape index (κ1) is 13.6. The fraction of sp³-hybridized carbons (Fsp3) is 0.385. The molecule has 1 fully saturated rings. The van der Waals surface area contributed by atoms with Gasteiger partial charge in [0.15, 0.2) is 0 Å². The number of aromatic amines is 1. The molecule has 0 radical (unpaired) electrons. The minimum Gasteiger partial charge on any atom is -0.356 e. The Morgan fingerprint density at radius 1 is 1.55 bits per heavy atom. The Morgan fingerprint density at radius 2 is 2.40 bits per heavy atom. The van der Waals surface area contributed by atoms with Crippen molar-refractivity contribution in [3.8, 4) is 0 Å². The maximum Gasteiger partial charge on any atom is 0.271 e. The van der Waals surface area contributed by atoms with Crippen molar-refractivity contribution < 1.29 is 4.79 Å². The van der Waals surface area contributed by atoms with Crippen LogP contribution in [0.15, 0.2) is 24.7 Å². The average molecular weight is 385 g/mol.